The summed E-state index contributed by atoms with van der Waals surface area (Å²) in [7, 11) is 0. The Labute approximate surface area is 199 Å². The maximum Gasteiger partial charge on any atom is 0.270 e. The van der Waals surface area contributed by atoms with E-state index in [2.05, 4.69) is 17.9 Å². The molecule has 6 nitrogen and oxygen atoms in total. The number of carbonyl (C=O) groups excluding carboxylic acids is 1. The maximum atomic E-state index is 13.3. The Balaban J connectivity index is 1.85. The van der Waals surface area contributed by atoms with Crippen LogP contribution in [0.4, 0.5) is 5.82 Å². The van der Waals surface area contributed by atoms with Gasteiger partial charge in [-0.05, 0) is 50.7 Å². The van der Waals surface area contributed by atoms with Gasteiger partial charge >= 0.3 is 0 Å². The van der Waals surface area contributed by atoms with E-state index in [0.717, 1.165) is 75.8 Å². The lowest BCUT2D eigenvalue weighted by Gasteiger charge is -2.27. The minimum atomic E-state index is -0.226. The molecule has 2 saturated heterocycles. The predicted octanol–water partition coefficient (Wildman–Crippen LogP) is 4.57. The van der Waals surface area contributed by atoms with Crippen LogP contribution < -0.4 is 10.5 Å². The zero-order chi connectivity index (χ0) is 22.8. The van der Waals surface area contributed by atoms with Gasteiger partial charge in [0.15, 0.2) is 0 Å². The molecule has 0 atom stereocenters. The molecule has 1 aromatic heterocycles. The lowest BCUT2D eigenvalue weighted by atomic mass is 10.0. The fourth-order valence-corrected chi connectivity index (χ4v) is 6.41. The lowest BCUT2D eigenvalue weighted by Crippen LogP contribution is -2.36. The first-order valence-electron chi connectivity index (χ1n) is 11.7. The van der Waals surface area contributed by atoms with Gasteiger partial charge in [0.05, 0.1) is 4.91 Å². The highest BCUT2D eigenvalue weighted by Crippen LogP contribution is 2.39. The van der Waals surface area contributed by atoms with Gasteiger partial charge in [-0.25, -0.2) is 0 Å². The quantitative estimate of drug-likeness (QED) is 0.448. The minimum absolute atomic E-state index is 0.0384. The van der Waals surface area contributed by atoms with Gasteiger partial charge in [-0.1, -0.05) is 50.2 Å². The van der Waals surface area contributed by atoms with Crippen molar-refractivity contribution in [3.63, 3.8) is 0 Å². The molecular weight excluding hydrogens is 440 g/mol. The van der Waals surface area contributed by atoms with E-state index < -0.39 is 0 Å². The zero-order valence-corrected chi connectivity index (χ0v) is 20.5. The molecule has 0 unspecified atom stereocenters. The van der Waals surface area contributed by atoms with Crippen molar-refractivity contribution in [2.75, 3.05) is 18.0 Å². The van der Waals surface area contributed by atoms with Crippen LogP contribution in [0.5, 0.6) is 0 Å². The highest BCUT2D eigenvalue weighted by molar-refractivity contribution is 8.26. The number of thiocarbonyl (C=S) groups is 1. The first-order valence-corrected chi connectivity index (χ1v) is 12.9. The Morgan fingerprint density at radius 2 is 1.88 bits per heavy atom. The predicted molar refractivity (Wildman–Crippen MR) is 134 cm³/mol. The summed E-state index contributed by atoms with van der Waals surface area (Å²) in [5.41, 5.74) is 1.40. The molecule has 0 spiro atoms. The Bertz CT molecular complexity index is 1060. The van der Waals surface area contributed by atoms with Gasteiger partial charge in [-0.15, -0.1) is 0 Å². The van der Waals surface area contributed by atoms with E-state index >= 15 is 0 Å². The minimum Gasteiger partial charge on any atom is -0.357 e. The van der Waals surface area contributed by atoms with Crippen LogP contribution in [0.15, 0.2) is 9.70 Å². The molecule has 1 aliphatic carbocycles. The molecule has 3 fully saturated rings. The van der Waals surface area contributed by atoms with Crippen LogP contribution >= 0.6 is 24.0 Å². The molecule has 8 heteroatoms. The molecule has 0 radical (unpaired) electrons. The number of unbranched alkanes of at least 4 members (excludes halogenated alkanes) is 1. The number of nitrogens with zero attached hydrogens (tertiary/aromatic N) is 4. The number of carbonyl (C=O) groups is 1. The summed E-state index contributed by atoms with van der Waals surface area (Å²) in [4.78, 5) is 31.2. The fraction of sp³-hybridized carbons (Fsp3) is 0.583. The molecule has 0 N–H and O–H groups in total. The Hall–Kier alpha value is -2.11. The number of hydrogen-bond donors (Lipinski definition) is 0. The second kappa shape index (κ2) is 9.80. The van der Waals surface area contributed by atoms with Crippen LogP contribution in [0.1, 0.15) is 75.0 Å². The van der Waals surface area contributed by atoms with E-state index in [1.54, 1.807) is 9.47 Å². The highest BCUT2D eigenvalue weighted by Gasteiger charge is 2.38. The fourth-order valence-electron chi connectivity index (χ4n) is 5.03. The van der Waals surface area contributed by atoms with Gasteiger partial charge in [0, 0.05) is 31.2 Å². The third kappa shape index (κ3) is 4.13. The van der Waals surface area contributed by atoms with Gasteiger partial charge in [-0.2, -0.15) is 5.26 Å². The van der Waals surface area contributed by atoms with Crippen molar-refractivity contribution in [3.05, 3.63) is 31.9 Å². The van der Waals surface area contributed by atoms with Gasteiger partial charge in [0.25, 0.3) is 11.5 Å². The average molecular weight is 471 g/mol. The van der Waals surface area contributed by atoms with Crippen molar-refractivity contribution < 1.29 is 4.79 Å². The van der Waals surface area contributed by atoms with Gasteiger partial charge in [0.2, 0.25) is 0 Å². The molecule has 170 valence electrons. The van der Waals surface area contributed by atoms with Crippen molar-refractivity contribution in [1.82, 2.24) is 9.47 Å². The standard InChI is InChI=1S/C24H30N4O2S2/c1-3-4-13-27-21(26-11-7-8-12-26)18(16(2)19(15-25)22(27)29)14-20-23(30)28(24(31)32-20)17-9-5-6-10-17/h14,17H,3-13H2,1-2H3/b20-14-. The summed E-state index contributed by atoms with van der Waals surface area (Å²) in [6, 6.07) is 2.32. The molecule has 1 saturated carbocycles. The monoisotopic (exact) mass is 470 g/mol. The third-order valence-corrected chi connectivity index (χ3v) is 8.11. The number of nitriles is 1. The number of pyridine rings is 1. The zero-order valence-electron chi connectivity index (χ0n) is 18.9. The van der Waals surface area contributed by atoms with Crippen LogP contribution in [0.3, 0.4) is 0 Å². The summed E-state index contributed by atoms with van der Waals surface area (Å²) < 4.78 is 2.39. The molecule has 4 rings (SSSR count). The molecule has 0 aromatic carbocycles. The van der Waals surface area contributed by atoms with Crippen molar-refractivity contribution in [1.29, 1.82) is 5.26 Å². The van der Waals surface area contributed by atoms with E-state index in [4.69, 9.17) is 12.2 Å². The summed E-state index contributed by atoms with van der Waals surface area (Å²) in [6.45, 7) is 6.24. The molecule has 0 bridgehead atoms. The van der Waals surface area contributed by atoms with E-state index in [1.807, 2.05) is 13.0 Å². The van der Waals surface area contributed by atoms with Crippen molar-refractivity contribution in [2.24, 2.45) is 0 Å². The SMILES string of the molecule is CCCCn1c(N2CCCC2)c(/C=C2\SC(=S)N(C3CCCC3)C2=O)c(C)c(C#N)c1=O. The second-order valence-electron chi connectivity index (χ2n) is 8.84. The van der Waals surface area contributed by atoms with E-state index in [-0.39, 0.29) is 23.1 Å². The number of hydrogen-bond acceptors (Lipinski definition) is 6. The average Bonchev–Trinajstić information content (AvgIpc) is 3.52. The molecule has 1 amide bonds. The van der Waals surface area contributed by atoms with Crippen LogP contribution in [-0.2, 0) is 11.3 Å². The van der Waals surface area contributed by atoms with Crippen LogP contribution in [0.25, 0.3) is 6.08 Å². The molecular formula is C24H30N4O2S2. The number of rotatable bonds is 6. The summed E-state index contributed by atoms with van der Waals surface area (Å²) in [5, 5.41) is 9.77. The summed E-state index contributed by atoms with van der Waals surface area (Å²) >= 11 is 6.93. The van der Waals surface area contributed by atoms with Crippen LogP contribution in [0, 0.1) is 18.3 Å². The molecule has 1 aromatic rings. The Morgan fingerprint density at radius 3 is 2.50 bits per heavy atom. The number of amides is 1. The highest BCUT2D eigenvalue weighted by atomic mass is 32.2. The molecule has 32 heavy (non-hydrogen) atoms. The first-order chi connectivity index (χ1) is 15.5. The largest absolute Gasteiger partial charge is 0.357 e. The maximum absolute atomic E-state index is 13.3. The summed E-state index contributed by atoms with van der Waals surface area (Å²) in [6.07, 6.45) is 10.1. The lowest BCUT2D eigenvalue weighted by molar-refractivity contribution is -0.123. The van der Waals surface area contributed by atoms with E-state index in [9.17, 15) is 14.9 Å². The van der Waals surface area contributed by atoms with Crippen molar-refractivity contribution >= 4 is 46.1 Å². The second-order valence-corrected chi connectivity index (χ2v) is 10.5. The van der Waals surface area contributed by atoms with E-state index in [1.165, 1.54) is 11.8 Å². The normalized spacial score (nSPS) is 20.7. The van der Waals surface area contributed by atoms with Crippen LogP contribution in [-0.4, -0.2) is 38.8 Å². The first kappa shape index (κ1) is 23.1. The van der Waals surface area contributed by atoms with Gasteiger partial charge in [-0.3, -0.25) is 19.1 Å². The Morgan fingerprint density at radius 1 is 1.19 bits per heavy atom. The van der Waals surface area contributed by atoms with Gasteiger partial charge in [0.1, 0.15) is 21.8 Å². The van der Waals surface area contributed by atoms with Crippen molar-refractivity contribution in [2.45, 2.75) is 77.8 Å². The topological polar surface area (TPSA) is 69.3 Å². The Kier molecular flexibility index (Phi) is 7.06. The van der Waals surface area contributed by atoms with Crippen LogP contribution in [0.2, 0.25) is 0 Å². The van der Waals surface area contributed by atoms with Crippen molar-refractivity contribution in [3.8, 4) is 6.07 Å². The number of anilines is 1. The van der Waals surface area contributed by atoms with E-state index in [0.29, 0.717) is 21.3 Å². The molecule has 3 heterocycles. The van der Waals surface area contributed by atoms with Gasteiger partial charge < -0.3 is 4.90 Å². The number of aromatic nitrogens is 1. The molecule has 3 aliphatic rings. The number of thioether (sulfide) groups is 1. The smallest absolute Gasteiger partial charge is 0.270 e. The third-order valence-electron chi connectivity index (χ3n) is 6.78. The molecule has 2 aliphatic heterocycles. The summed E-state index contributed by atoms with van der Waals surface area (Å²) in [5.74, 6) is 0.812.